The highest BCUT2D eigenvalue weighted by Crippen LogP contribution is 2.37. The van der Waals surface area contributed by atoms with Gasteiger partial charge >= 0.3 is 0 Å². The molecule has 0 bridgehead atoms. The van der Waals surface area contributed by atoms with Crippen molar-refractivity contribution in [1.82, 2.24) is 9.78 Å². The van der Waals surface area contributed by atoms with Gasteiger partial charge in [-0.15, -0.1) is 11.3 Å². The second-order valence-electron chi connectivity index (χ2n) is 3.60. The van der Waals surface area contributed by atoms with Crippen LogP contribution in [0.1, 0.15) is 23.8 Å². The Bertz CT molecular complexity index is 514. The van der Waals surface area contributed by atoms with Crippen LogP contribution in [0.25, 0.3) is 10.6 Å². The maximum atomic E-state index is 12.9. The molecule has 6 heteroatoms. The third-order valence-corrected chi connectivity index (χ3v) is 4.58. The van der Waals surface area contributed by atoms with Crippen molar-refractivity contribution in [3.05, 3.63) is 27.2 Å². The number of aromatic nitrogens is 2. The van der Waals surface area contributed by atoms with Crippen LogP contribution in [-0.4, -0.2) is 9.78 Å². The Kier molecular flexibility index (Phi) is 3.63. The Hall–Kier alpha value is -0.750. The lowest BCUT2D eigenvalue weighted by Gasteiger charge is -1.96. The van der Waals surface area contributed by atoms with E-state index in [1.54, 1.807) is 4.68 Å². The number of thiophene rings is 1. The molecule has 0 aromatic carbocycles. The van der Waals surface area contributed by atoms with Gasteiger partial charge in [-0.3, -0.25) is 4.68 Å². The number of hydrogen-bond donors (Lipinski definition) is 0. The lowest BCUT2D eigenvalue weighted by atomic mass is 10.2. The Morgan fingerprint density at radius 2 is 2.24 bits per heavy atom. The van der Waals surface area contributed by atoms with Crippen LogP contribution in [0.2, 0.25) is 0 Å². The van der Waals surface area contributed by atoms with Gasteiger partial charge in [0.15, 0.2) is 0 Å². The minimum Gasteiger partial charge on any atom is -0.272 e. The quantitative estimate of drug-likeness (QED) is 0.805. The molecule has 0 spiro atoms. The molecule has 0 saturated heterocycles. The highest BCUT2D eigenvalue weighted by atomic mass is 79.9. The first-order valence-electron chi connectivity index (χ1n) is 5.14. The number of rotatable bonds is 3. The summed E-state index contributed by atoms with van der Waals surface area (Å²) in [6.07, 6.45) is -1.07. The molecule has 2 heterocycles. The van der Waals surface area contributed by atoms with E-state index in [0.717, 1.165) is 14.2 Å². The first-order chi connectivity index (χ1) is 8.02. The minimum atomic E-state index is -2.49. The summed E-state index contributed by atoms with van der Waals surface area (Å²) < 4.78 is 28.3. The summed E-state index contributed by atoms with van der Waals surface area (Å²) in [5.74, 6) is 0. The van der Waals surface area contributed by atoms with Crippen LogP contribution in [0.5, 0.6) is 0 Å². The molecule has 17 heavy (non-hydrogen) atoms. The maximum Gasteiger partial charge on any atom is 0.267 e. The molecule has 0 aliphatic rings. The average Bonchev–Trinajstić information content (AvgIpc) is 2.83. The average molecular weight is 321 g/mol. The molecule has 0 saturated carbocycles. The molecule has 2 nitrogen and oxygen atoms in total. The van der Waals surface area contributed by atoms with Gasteiger partial charge < -0.3 is 0 Å². The van der Waals surface area contributed by atoms with Crippen molar-refractivity contribution < 1.29 is 8.78 Å². The zero-order valence-corrected chi connectivity index (χ0v) is 11.8. The van der Waals surface area contributed by atoms with Crippen LogP contribution < -0.4 is 0 Å². The number of halogens is 3. The van der Waals surface area contributed by atoms with Crippen LogP contribution in [-0.2, 0) is 6.54 Å². The standard InChI is InChI=1S/C11H11BrF2N2S/c1-3-16-5-7(11(13)14)10(15-16)9-4-8(12)6(2)17-9/h4-5,11H,3H2,1-2H3. The molecule has 0 radical (unpaired) electrons. The van der Waals surface area contributed by atoms with E-state index in [4.69, 9.17) is 0 Å². The van der Waals surface area contributed by atoms with Crippen molar-refractivity contribution in [1.29, 1.82) is 0 Å². The first kappa shape index (κ1) is 12.7. The Morgan fingerprint density at radius 1 is 1.53 bits per heavy atom. The largest absolute Gasteiger partial charge is 0.272 e. The summed E-state index contributed by atoms with van der Waals surface area (Å²) in [5.41, 5.74) is 0.390. The fourth-order valence-electron chi connectivity index (χ4n) is 1.53. The van der Waals surface area contributed by atoms with Crippen LogP contribution in [0.3, 0.4) is 0 Å². The van der Waals surface area contributed by atoms with Gasteiger partial charge in [-0.05, 0) is 35.8 Å². The van der Waals surface area contributed by atoms with Crippen LogP contribution >= 0.6 is 27.3 Å². The Morgan fingerprint density at radius 3 is 2.71 bits per heavy atom. The fraction of sp³-hybridized carbons (Fsp3) is 0.364. The SMILES string of the molecule is CCn1cc(C(F)F)c(-c2cc(Br)c(C)s2)n1. The summed E-state index contributed by atoms with van der Waals surface area (Å²) in [5, 5.41) is 4.20. The zero-order chi connectivity index (χ0) is 12.6. The van der Waals surface area contributed by atoms with E-state index in [0.29, 0.717) is 12.2 Å². The summed E-state index contributed by atoms with van der Waals surface area (Å²) in [4.78, 5) is 1.84. The van der Waals surface area contributed by atoms with E-state index in [-0.39, 0.29) is 5.56 Å². The summed E-state index contributed by atoms with van der Waals surface area (Å²) in [6.45, 7) is 4.41. The van der Waals surface area contributed by atoms with Crippen molar-refractivity contribution in [2.45, 2.75) is 26.8 Å². The number of nitrogens with zero attached hydrogens (tertiary/aromatic N) is 2. The molecule has 0 aliphatic heterocycles. The monoisotopic (exact) mass is 320 g/mol. The molecule has 0 unspecified atom stereocenters. The molecule has 0 atom stereocenters. The smallest absolute Gasteiger partial charge is 0.267 e. The fourth-order valence-corrected chi connectivity index (χ4v) is 3.07. The van der Waals surface area contributed by atoms with E-state index >= 15 is 0 Å². The minimum absolute atomic E-state index is 0.000556. The maximum absolute atomic E-state index is 12.9. The summed E-state index contributed by atoms with van der Waals surface area (Å²) in [7, 11) is 0. The number of aryl methyl sites for hydroxylation is 2. The van der Waals surface area contributed by atoms with Crippen LogP contribution in [0, 0.1) is 6.92 Å². The van der Waals surface area contributed by atoms with Gasteiger partial charge in [-0.1, -0.05) is 0 Å². The number of alkyl halides is 2. The van der Waals surface area contributed by atoms with E-state index < -0.39 is 6.43 Å². The van der Waals surface area contributed by atoms with E-state index in [1.807, 2.05) is 19.9 Å². The van der Waals surface area contributed by atoms with Gasteiger partial charge in [0.25, 0.3) is 6.43 Å². The van der Waals surface area contributed by atoms with Gasteiger partial charge in [0, 0.05) is 22.1 Å². The third kappa shape index (κ3) is 2.42. The molecule has 0 N–H and O–H groups in total. The highest BCUT2D eigenvalue weighted by Gasteiger charge is 2.20. The van der Waals surface area contributed by atoms with Crippen molar-refractivity contribution in [3.63, 3.8) is 0 Å². The van der Waals surface area contributed by atoms with E-state index in [9.17, 15) is 8.78 Å². The summed E-state index contributed by atoms with van der Waals surface area (Å²) in [6, 6.07) is 1.84. The van der Waals surface area contributed by atoms with Crippen molar-refractivity contribution in [3.8, 4) is 10.6 Å². The molecule has 2 rings (SSSR count). The molecule has 0 fully saturated rings. The van der Waals surface area contributed by atoms with Crippen LogP contribution in [0.15, 0.2) is 16.7 Å². The summed E-state index contributed by atoms with van der Waals surface area (Å²) >= 11 is 4.85. The lowest BCUT2D eigenvalue weighted by Crippen LogP contribution is -1.93. The van der Waals surface area contributed by atoms with Gasteiger partial charge in [-0.25, -0.2) is 8.78 Å². The number of hydrogen-bond acceptors (Lipinski definition) is 2. The molecule has 2 aromatic heterocycles. The molecular formula is C11H11BrF2N2S. The van der Waals surface area contributed by atoms with Crippen molar-refractivity contribution >= 4 is 27.3 Å². The Balaban J connectivity index is 2.53. The topological polar surface area (TPSA) is 17.8 Å². The van der Waals surface area contributed by atoms with Crippen molar-refractivity contribution in [2.75, 3.05) is 0 Å². The van der Waals surface area contributed by atoms with Crippen molar-refractivity contribution in [2.24, 2.45) is 0 Å². The highest BCUT2D eigenvalue weighted by molar-refractivity contribution is 9.10. The molecule has 0 aliphatic carbocycles. The third-order valence-electron chi connectivity index (χ3n) is 2.44. The molecule has 92 valence electrons. The second kappa shape index (κ2) is 4.86. The van der Waals surface area contributed by atoms with Crippen LogP contribution in [0.4, 0.5) is 8.78 Å². The van der Waals surface area contributed by atoms with E-state index in [1.165, 1.54) is 17.5 Å². The second-order valence-corrected chi connectivity index (χ2v) is 5.71. The molecule has 0 amide bonds. The Labute approximate surface area is 110 Å². The first-order valence-corrected chi connectivity index (χ1v) is 6.75. The predicted octanol–water partition coefficient (Wildman–Crippen LogP) is 4.64. The molecular weight excluding hydrogens is 310 g/mol. The molecule has 2 aromatic rings. The van der Waals surface area contributed by atoms with Gasteiger partial charge in [-0.2, -0.15) is 5.10 Å². The zero-order valence-electron chi connectivity index (χ0n) is 9.38. The predicted molar refractivity (Wildman–Crippen MR) is 68.6 cm³/mol. The normalized spacial score (nSPS) is 11.4. The lowest BCUT2D eigenvalue weighted by molar-refractivity contribution is 0.152. The van der Waals surface area contributed by atoms with Gasteiger partial charge in [0.05, 0.1) is 10.4 Å². The van der Waals surface area contributed by atoms with E-state index in [2.05, 4.69) is 21.0 Å². The van der Waals surface area contributed by atoms with Gasteiger partial charge in [0.2, 0.25) is 0 Å². The van der Waals surface area contributed by atoms with Gasteiger partial charge in [0.1, 0.15) is 5.69 Å².